The molecule has 0 saturated heterocycles. The van der Waals surface area contributed by atoms with Crippen LogP contribution in [0.5, 0.6) is 5.75 Å². The van der Waals surface area contributed by atoms with Gasteiger partial charge in [-0.1, -0.05) is 47.5 Å². The van der Waals surface area contributed by atoms with Crippen LogP contribution in [-0.4, -0.2) is 22.3 Å². The van der Waals surface area contributed by atoms with Crippen LogP contribution in [0.1, 0.15) is 11.1 Å². The molecule has 3 aromatic rings. The van der Waals surface area contributed by atoms with Crippen molar-refractivity contribution < 1.29 is 9.53 Å². The van der Waals surface area contributed by atoms with E-state index in [0.29, 0.717) is 35.4 Å². The second-order valence-corrected chi connectivity index (χ2v) is 7.20. The van der Waals surface area contributed by atoms with E-state index in [4.69, 9.17) is 27.9 Å². The Kier molecular flexibility index (Phi) is 5.05. The number of nitrogens with zero attached hydrogens (tertiary/aromatic N) is 2. The van der Waals surface area contributed by atoms with Crippen molar-refractivity contribution in [2.24, 2.45) is 5.92 Å². The van der Waals surface area contributed by atoms with E-state index in [9.17, 15) is 4.79 Å². The van der Waals surface area contributed by atoms with Crippen LogP contribution in [0.4, 0.5) is 5.82 Å². The molecule has 0 bridgehead atoms. The Morgan fingerprint density at radius 3 is 2.74 bits per heavy atom. The predicted octanol–water partition coefficient (Wildman–Crippen LogP) is 4.43. The second-order valence-electron chi connectivity index (χ2n) is 6.38. The van der Waals surface area contributed by atoms with Gasteiger partial charge in [0.25, 0.3) is 0 Å². The summed E-state index contributed by atoms with van der Waals surface area (Å²) in [6, 6.07) is 14.9. The number of hydrogen-bond donors (Lipinski definition) is 1. The lowest BCUT2D eigenvalue weighted by Gasteiger charge is -2.24. The summed E-state index contributed by atoms with van der Waals surface area (Å²) in [7, 11) is 0. The van der Waals surface area contributed by atoms with Crippen molar-refractivity contribution in [2.75, 3.05) is 11.9 Å². The molecule has 1 N–H and O–H groups in total. The number of carbonyl (C=O) groups excluding carboxylic acids is 1. The molecule has 2 heterocycles. The van der Waals surface area contributed by atoms with Crippen molar-refractivity contribution in [1.82, 2.24) is 9.78 Å². The topological polar surface area (TPSA) is 56.2 Å². The summed E-state index contributed by atoms with van der Waals surface area (Å²) in [6.07, 6.45) is 2.28. The molecule has 27 heavy (non-hydrogen) atoms. The fourth-order valence-corrected chi connectivity index (χ4v) is 3.64. The monoisotopic (exact) mass is 401 g/mol. The Morgan fingerprint density at radius 2 is 1.93 bits per heavy atom. The number of anilines is 1. The number of nitrogens with one attached hydrogen (secondary N) is 1. The molecule has 1 atom stereocenters. The number of halogens is 2. The standard InChI is InChI=1S/C20H17Cl2N3O2/c21-16-5-3-6-17(22)15(16)11-25-19(8-9-23-25)24-20(26)14-10-13-4-1-2-7-18(13)27-12-14/h1-9,14H,10-12H2,(H,24,26)/t14-/m0/s1. The van der Waals surface area contributed by atoms with Crippen LogP contribution >= 0.6 is 23.2 Å². The summed E-state index contributed by atoms with van der Waals surface area (Å²) in [4.78, 5) is 12.7. The number of carbonyl (C=O) groups is 1. The van der Waals surface area contributed by atoms with Crippen LogP contribution in [0.3, 0.4) is 0 Å². The van der Waals surface area contributed by atoms with Gasteiger partial charge in [0.1, 0.15) is 18.2 Å². The number of rotatable bonds is 4. The Bertz CT molecular complexity index is 967. The maximum Gasteiger partial charge on any atom is 0.232 e. The van der Waals surface area contributed by atoms with Gasteiger partial charge in [0.05, 0.1) is 18.7 Å². The average molecular weight is 402 g/mol. The van der Waals surface area contributed by atoms with E-state index in [1.165, 1.54) is 0 Å². The van der Waals surface area contributed by atoms with Gasteiger partial charge in [-0.2, -0.15) is 5.10 Å². The number of hydrogen-bond acceptors (Lipinski definition) is 3. The fraction of sp³-hybridized carbons (Fsp3) is 0.200. The number of fused-ring (bicyclic) bond motifs is 1. The van der Waals surface area contributed by atoms with Gasteiger partial charge in [-0.05, 0) is 30.2 Å². The van der Waals surface area contributed by atoms with E-state index in [-0.39, 0.29) is 11.8 Å². The maximum absolute atomic E-state index is 12.7. The molecule has 0 unspecified atom stereocenters. The van der Waals surface area contributed by atoms with Gasteiger partial charge in [-0.25, -0.2) is 4.68 Å². The molecule has 1 aliphatic rings. The summed E-state index contributed by atoms with van der Waals surface area (Å²) in [5.41, 5.74) is 1.80. The lowest BCUT2D eigenvalue weighted by atomic mass is 9.96. The van der Waals surface area contributed by atoms with Gasteiger partial charge >= 0.3 is 0 Å². The Morgan fingerprint density at radius 1 is 1.15 bits per heavy atom. The zero-order chi connectivity index (χ0) is 18.8. The van der Waals surface area contributed by atoms with Crippen LogP contribution in [-0.2, 0) is 17.8 Å². The minimum absolute atomic E-state index is 0.100. The van der Waals surface area contributed by atoms with Crippen LogP contribution in [0.15, 0.2) is 54.7 Å². The van der Waals surface area contributed by atoms with E-state index < -0.39 is 0 Å². The molecule has 1 aromatic heterocycles. The van der Waals surface area contributed by atoms with Gasteiger partial charge in [0, 0.05) is 21.7 Å². The third kappa shape index (κ3) is 3.80. The second kappa shape index (κ2) is 7.62. The van der Waals surface area contributed by atoms with E-state index in [2.05, 4.69) is 10.4 Å². The molecular weight excluding hydrogens is 385 g/mol. The molecule has 5 nitrogen and oxygen atoms in total. The smallest absolute Gasteiger partial charge is 0.232 e. The lowest BCUT2D eigenvalue weighted by Crippen LogP contribution is -2.33. The Balaban J connectivity index is 1.48. The zero-order valence-electron chi connectivity index (χ0n) is 14.4. The minimum atomic E-state index is -0.257. The predicted molar refractivity (Wildman–Crippen MR) is 106 cm³/mol. The van der Waals surface area contributed by atoms with Crippen molar-refractivity contribution in [3.05, 3.63) is 75.9 Å². The summed E-state index contributed by atoms with van der Waals surface area (Å²) < 4.78 is 7.38. The third-order valence-electron chi connectivity index (χ3n) is 4.59. The summed E-state index contributed by atoms with van der Waals surface area (Å²) in [6.45, 7) is 0.721. The molecule has 0 radical (unpaired) electrons. The van der Waals surface area contributed by atoms with Gasteiger partial charge < -0.3 is 10.1 Å². The van der Waals surface area contributed by atoms with E-state index in [1.54, 1.807) is 35.1 Å². The quantitative estimate of drug-likeness (QED) is 0.703. The molecular formula is C20H17Cl2N3O2. The number of para-hydroxylation sites is 1. The highest BCUT2D eigenvalue weighted by Crippen LogP contribution is 2.28. The van der Waals surface area contributed by atoms with Crippen molar-refractivity contribution in [3.8, 4) is 5.75 Å². The molecule has 0 aliphatic carbocycles. The Hall–Kier alpha value is -2.50. The first-order valence-corrected chi connectivity index (χ1v) is 9.33. The Labute approximate surface area is 166 Å². The number of benzene rings is 2. The number of ether oxygens (including phenoxy) is 1. The first-order chi connectivity index (χ1) is 13.1. The molecule has 0 saturated carbocycles. The first-order valence-electron chi connectivity index (χ1n) is 8.58. The van der Waals surface area contributed by atoms with Gasteiger partial charge in [-0.15, -0.1) is 0 Å². The van der Waals surface area contributed by atoms with Crippen molar-refractivity contribution in [2.45, 2.75) is 13.0 Å². The number of amides is 1. The van der Waals surface area contributed by atoms with Gasteiger partial charge in [0.2, 0.25) is 5.91 Å². The van der Waals surface area contributed by atoms with Gasteiger partial charge in [0.15, 0.2) is 0 Å². The van der Waals surface area contributed by atoms with Crippen LogP contribution in [0, 0.1) is 5.92 Å². The molecule has 7 heteroatoms. The van der Waals surface area contributed by atoms with Crippen molar-refractivity contribution >= 4 is 34.9 Å². The van der Waals surface area contributed by atoms with E-state index in [1.807, 2.05) is 24.3 Å². The van der Waals surface area contributed by atoms with E-state index >= 15 is 0 Å². The first kappa shape index (κ1) is 17.9. The third-order valence-corrected chi connectivity index (χ3v) is 5.30. The maximum atomic E-state index is 12.7. The zero-order valence-corrected chi connectivity index (χ0v) is 15.9. The van der Waals surface area contributed by atoms with Gasteiger partial charge in [-0.3, -0.25) is 4.79 Å². The van der Waals surface area contributed by atoms with Crippen LogP contribution in [0.25, 0.3) is 0 Å². The normalized spacial score (nSPS) is 15.7. The number of aromatic nitrogens is 2. The molecule has 1 amide bonds. The largest absolute Gasteiger partial charge is 0.492 e. The van der Waals surface area contributed by atoms with Crippen molar-refractivity contribution in [1.29, 1.82) is 0 Å². The molecule has 2 aromatic carbocycles. The SMILES string of the molecule is O=C(Nc1ccnn1Cc1c(Cl)cccc1Cl)[C@@H]1COc2ccccc2C1. The van der Waals surface area contributed by atoms with Crippen molar-refractivity contribution in [3.63, 3.8) is 0 Å². The minimum Gasteiger partial charge on any atom is -0.492 e. The fourth-order valence-electron chi connectivity index (χ4n) is 3.12. The lowest BCUT2D eigenvalue weighted by molar-refractivity contribution is -0.121. The molecule has 1 aliphatic heterocycles. The van der Waals surface area contributed by atoms with E-state index in [0.717, 1.165) is 16.9 Å². The van der Waals surface area contributed by atoms with Crippen LogP contribution < -0.4 is 10.1 Å². The molecule has 0 spiro atoms. The molecule has 0 fully saturated rings. The molecule has 138 valence electrons. The summed E-state index contributed by atoms with van der Waals surface area (Å²) >= 11 is 12.5. The molecule has 4 rings (SSSR count). The van der Waals surface area contributed by atoms with Crippen LogP contribution in [0.2, 0.25) is 10.0 Å². The average Bonchev–Trinajstić information content (AvgIpc) is 3.11. The summed E-state index contributed by atoms with van der Waals surface area (Å²) in [5, 5.41) is 8.35. The highest BCUT2D eigenvalue weighted by atomic mass is 35.5. The summed E-state index contributed by atoms with van der Waals surface area (Å²) in [5.74, 6) is 1.08. The highest BCUT2D eigenvalue weighted by Gasteiger charge is 2.26. The highest BCUT2D eigenvalue weighted by molar-refractivity contribution is 6.36.